The van der Waals surface area contributed by atoms with Gasteiger partial charge >= 0.3 is 8.80 Å². The summed E-state index contributed by atoms with van der Waals surface area (Å²) in [5.74, 6) is 1.35. The van der Waals surface area contributed by atoms with Gasteiger partial charge in [-0.1, -0.05) is 71.1 Å². The smallest absolute Gasteiger partial charge is 0.389 e. The lowest BCUT2D eigenvalue weighted by Gasteiger charge is -2.29. The fraction of sp³-hybridized carbons (Fsp3) is 1.00. The average molecular weight is 392 g/mol. The van der Waals surface area contributed by atoms with Crippen molar-refractivity contribution in [3.63, 3.8) is 0 Å². The van der Waals surface area contributed by atoms with Crippen LogP contribution in [0.4, 0.5) is 0 Å². The highest BCUT2D eigenvalue weighted by atomic mass is 32.1. The van der Waals surface area contributed by atoms with Crippen molar-refractivity contribution in [3.05, 3.63) is 0 Å². The molecule has 2 N–H and O–H groups in total. The quantitative estimate of drug-likeness (QED) is 0.219. The van der Waals surface area contributed by atoms with Crippen molar-refractivity contribution in [2.24, 2.45) is 5.92 Å². The van der Waals surface area contributed by atoms with Gasteiger partial charge in [-0.15, -0.1) is 0 Å². The lowest BCUT2D eigenvalue weighted by Crippen LogP contribution is -2.49. The van der Waals surface area contributed by atoms with Gasteiger partial charge in [0.15, 0.2) is 0 Å². The highest BCUT2D eigenvalue weighted by Crippen LogP contribution is 2.20. The minimum atomic E-state index is -3.00. The lowest BCUT2D eigenvalue weighted by atomic mass is 9.97. The van der Waals surface area contributed by atoms with Crippen molar-refractivity contribution < 1.29 is 13.7 Å². The second-order valence-corrected chi connectivity index (χ2v) is 10.3. The van der Waals surface area contributed by atoms with Crippen LogP contribution in [0.5, 0.6) is 0 Å². The maximum Gasteiger partial charge on any atom is 0.515 e. The number of hydroxylamine groups is 1. The maximum atomic E-state index is 10.4. The van der Waals surface area contributed by atoms with Gasteiger partial charge in [-0.2, -0.15) is 12.6 Å². The Hall–Kier alpha value is 0.407. The van der Waals surface area contributed by atoms with Crippen LogP contribution in [0.15, 0.2) is 0 Å². The summed E-state index contributed by atoms with van der Waals surface area (Å²) in [5, 5.41) is 0. The molecule has 0 aromatic carbocycles. The molecule has 25 heavy (non-hydrogen) atoms. The van der Waals surface area contributed by atoms with Crippen LogP contribution in [0.3, 0.4) is 0 Å². The summed E-state index contributed by atoms with van der Waals surface area (Å²) in [6.07, 6.45) is 16.9. The fourth-order valence-corrected chi connectivity index (χ4v) is 5.51. The molecule has 150 valence electrons. The number of hydrogen-bond donors (Lipinski definition) is 3. The van der Waals surface area contributed by atoms with Crippen molar-refractivity contribution in [1.82, 2.24) is 5.48 Å². The van der Waals surface area contributed by atoms with Crippen LogP contribution in [0, 0.1) is 5.92 Å². The molecular weight excluding hydrogens is 350 g/mol. The topological polar surface area (TPSA) is 50.7 Å². The Bertz CT molecular complexity index is 300. The van der Waals surface area contributed by atoms with Gasteiger partial charge in [0, 0.05) is 19.2 Å². The van der Waals surface area contributed by atoms with Crippen molar-refractivity contribution in [2.45, 2.75) is 96.4 Å². The van der Waals surface area contributed by atoms with Crippen molar-refractivity contribution in [2.75, 3.05) is 18.9 Å². The lowest BCUT2D eigenvalue weighted by molar-refractivity contribution is 0.0185. The maximum absolute atomic E-state index is 10.4. The van der Waals surface area contributed by atoms with Crippen LogP contribution < -0.4 is 5.48 Å². The average Bonchev–Trinajstić information content (AvgIpc) is 2.59. The van der Waals surface area contributed by atoms with E-state index >= 15 is 0 Å². The first-order valence-corrected chi connectivity index (χ1v) is 13.2. The van der Waals surface area contributed by atoms with Crippen LogP contribution in [-0.4, -0.2) is 32.5 Å². The molecule has 0 aromatic rings. The predicted octanol–water partition coefficient (Wildman–Crippen LogP) is 5.11. The summed E-state index contributed by atoms with van der Waals surface area (Å²) in [6.45, 7) is 3.73. The molecule has 0 spiro atoms. The van der Waals surface area contributed by atoms with Gasteiger partial charge in [0.2, 0.25) is 0 Å². The summed E-state index contributed by atoms with van der Waals surface area (Å²) in [5.41, 5.74) is 2.98. The summed E-state index contributed by atoms with van der Waals surface area (Å²) < 4.78 is 11.2. The molecule has 1 fully saturated rings. The second-order valence-electron chi connectivity index (χ2n) is 7.46. The Kier molecular flexibility index (Phi) is 14.5. The Morgan fingerprint density at radius 3 is 2.28 bits per heavy atom. The SMILES string of the molecule is CCCCCCCCCCCCC1CCO[Si](O)(CCCS)ONC1. The first-order valence-electron chi connectivity index (χ1n) is 10.6. The number of rotatable bonds is 14. The van der Waals surface area contributed by atoms with Gasteiger partial charge in [-0.3, -0.25) is 4.53 Å². The van der Waals surface area contributed by atoms with E-state index in [4.69, 9.17) is 8.95 Å². The predicted molar refractivity (Wildman–Crippen MR) is 111 cm³/mol. The molecule has 2 unspecified atom stereocenters. The van der Waals surface area contributed by atoms with Crippen LogP contribution >= 0.6 is 12.6 Å². The van der Waals surface area contributed by atoms with E-state index in [0.29, 0.717) is 18.6 Å². The first kappa shape index (κ1) is 23.4. The Labute approximate surface area is 162 Å². The van der Waals surface area contributed by atoms with Crippen molar-refractivity contribution in [1.29, 1.82) is 0 Å². The van der Waals surface area contributed by atoms with Gasteiger partial charge in [0.05, 0.1) is 0 Å². The van der Waals surface area contributed by atoms with Gasteiger partial charge in [-0.25, -0.2) is 5.48 Å². The summed E-state index contributed by atoms with van der Waals surface area (Å²) in [7, 11) is -3.00. The highest BCUT2D eigenvalue weighted by Gasteiger charge is 2.38. The zero-order valence-corrected chi connectivity index (χ0v) is 18.2. The zero-order chi connectivity index (χ0) is 18.2. The third kappa shape index (κ3) is 12.4. The van der Waals surface area contributed by atoms with Gasteiger partial charge in [-0.05, 0) is 30.9 Å². The molecule has 1 saturated heterocycles. The molecule has 1 heterocycles. The molecule has 1 rings (SSSR count). The van der Waals surface area contributed by atoms with Gasteiger partial charge < -0.3 is 9.22 Å². The molecule has 1 aliphatic heterocycles. The largest absolute Gasteiger partial charge is 0.515 e. The van der Waals surface area contributed by atoms with E-state index in [1.165, 1.54) is 70.6 Å². The monoisotopic (exact) mass is 391 g/mol. The Morgan fingerprint density at radius 1 is 1.00 bits per heavy atom. The standard InChI is InChI=1S/C19H41NO3SSi/c1-2-3-4-5-6-7-8-9-10-11-13-19-14-15-22-25(21,17-12-16-24)23-20-18-19/h19-21,24H,2-18H2,1H3. The third-order valence-corrected chi connectivity index (χ3v) is 7.49. The van der Waals surface area contributed by atoms with E-state index in [-0.39, 0.29) is 0 Å². The molecule has 4 nitrogen and oxygen atoms in total. The van der Waals surface area contributed by atoms with E-state index in [1.54, 1.807) is 0 Å². The highest BCUT2D eigenvalue weighted by molar-refractivity contribution is 7.80. The molecule has 0 saturated carbocycles. The molecule has 2 atom stereocenters. The normalized spacial score (nSPS) is 24.8. The van der Waals surface area contributed by atoms with E-state index in [2.05, 4.69) is 25.0 Å². The van der Waals surface area contributed by atoms with Gasteiger partial charge in [0.1, 0.15) is 0 Å². The van der Waals surface area contributed by atoms with Crippen LogP contribution in [0.25, 0.3) is 0 Å². The van der Waals surface area contributed by atoms with E-state index in [1.807, 2.05) is 0 Å². The van der Waals surface area contributed by atoms with Gasteiger partial charge in [0.25, 0.3) is 0 Å². The number of nitrogens with one attached hydrogen (secondary N) is 1. The molecule has 6 heteroatoms. The number of hydrogen-bond acceptors (Lipinski definition) is 5. The second kappa shape index (κ2) is 15.5. The van der Waals surface area contributed by atoms with Crippen LogP contribution in [0.1, 0.15) is 90.4 Å². The first-order chi connectivity index (χ1) is 12.2. The zero-order valence-electron chi connectivity index (χ0n) is 16.3. The van der Waals surface area contributed by atoms with E-state index in [0.717, 1.165) is 25.1 Å². The number of unbranched alkanes of at least 4 members (excludes halogenated alkanes) is 9. The summed E-state index contributed by atoms with van der Waals surface area (Å²) >= 11 is 4.19. The van der Waals surface area contributed by atoms with Crippen LogP contribution in [0.2, 0.25) is 6.04 Å². The fourth-order valence-electron chi connectivity index (χ4n) is 3.38. The molecular formula is C19H41NO3SSi. The Balaban J connectivity index is 1.98. The molecule has 1 aliphatic rings. The minimum Gasteiger partial charge on any atom is -0.389 e. The van der Waals surface area contributed by atoms with Crippen molar-refractivity contribution >= 4 is 21.4 Å². The molecule has 0 aromatic heterocycles. The molecule has 0 radical (unpaired) electrons. The molecule has 0 amide bonds. The number of thiol groups is 1. The third-order valence-electron chi connectivity index (χ3n) is 5.07. The molecule has 0 bridgehead atoms. The minimum absolute atomic E-state index is 0.590. The van der Waals surface area contributed by atoms with Crippen LogP contribution in [-0.2, 0) is 8.95 Å². The van der Waals surface area contributed by atoms with E-state index in [9.17, 15) is 4.80 Å². The summed E-state index contributed by atoms with van der Waals surface area (Å²) in [6, 6.07) is 0.590. The molecule has 0 aliphatic carbocycles. The summed E-state index contributed by atoms with van der Waals surface area (Å²) in [4.78, 5) is 10.4. The Morgan fingerprint density at radius 2 is 1.64 bits per heavy atom. The van der Waals surface area contributed by atoms with E-state index < -0.39 is 8.80 Å². The van der Waals surface area contributed by atoms with Crippen molar-refractivity contribution in [3.8, 4) is 0 Å².